The number of benzene rings is 1. The smallest absolute Gasteiger partial charge is 0.354 e. The summed E-state index contributed by atoms with van der Waals surface area (Å²) >= 11 is 5.75. The molecule has 0 bridgehead atoms. The number of aromatic nitrogens is 2. The Hall–Kier alpha value is -2.14. The van der Waals surface area contributed by atoms with E-state index in [2.05, 4.69) is 9.97 Å². The lowest BCUT2D eigenvalue weighted by Gasteiger charge is -2.04. The van der Waals surface area contributed by atoms with Crippen LogP contribution in [0.15, 0.2) is 36.5 Å². The first-order valence-corrected chi connectivity index (χ1v) is 5.46. The normalized spacial score (nSPS) is 10.1. The van der Waals surface area contributed by atoms with Gasteiger partial charge >= 0.3 is 12.0 Å². The largest absolute Gasteiger partial charge is 0.477 e. The summed E-state index contributed by atoms with van der Waals surface area (Å²) < 4.78 is 5.29. The molecule has 0 amide bonds. The van der Waals surface area contributed by atoms with E-state index in [9.17, 15) is 4.79 Å². The second-order valence-corrected chi connectivity index (χ2v) is 3.88. The van der Waals surface area contributed by atoms with Crippen LogP contribution < -0.4 is 4.74 Å². The first kappa shape index (κ1) is 12.3. The summed E-state index contributed by atoms with van der Waals surface area (Å²) in [5.74, 6) is -1.12. The molecule has 0 spiro atoms. The van der Waals surface area contributed by atoms with Crippen molar-refractivity contribution in [3.8, 4) is 6.01 Å². The highest BCUT2D eigenvalue weighted by atomic mass is 35.5. The molecule has 2 rings (SSSR count). The third-order valence-corrected chi connectivity index (χ3v) is 2.39. The highest BCUT2D eigenvalue weighted by Crippen LogP contribution is 2.11. The molecule has 0 aliphatic carbocycles. The van der Waals surface area contributed by atoms with Gasteiger partial charge in [-0.15, -0.1) is 0 Å². The number of carbonyl (C=O) groups is 1. The van der Waals surface area contributed by atoms with Crippen LogP contribution in [0.4, 0.5) is 0 Å². The molecule has 0 saturated heterocycles. The van der Waals surface area contributed by atoms with Crippen LogP contribution in [0, 0.1) is 0 Å². The molecule has 1 aromatic heterocycles. The van der Waals surface area contributed by atoms with Gasteiger partial charge in [0.25, 0.3) is 0 Å². The molecule has 0 aliphatic heterocycles. The van der Waals surface area contributed by atoms with Crippen molar-refractivity contribution in [2.24, 2.45) is 0 Å². The molecule has 1 heterocycles. The molecule has 0 fully saturated rings. The van der Waals surface area contributed by atoms with Gasteiger partial charge in [-0.3, -0.25) is 0 Å². The van der Waals surface area contributed by atoms with Gasteiger partial charge in [0, 0.05) is 11.2 Å². The maximum absolute atomic E-state index is 10.7. The van der Waals surface area contributed by atoms with Gasteiger partial charge in [-0.05, 0) is 23.8 Å². The summed E-state index contributed by atoms with van der Waals surface area (Å²) in [5, 5.41) is 9.41. The number of halogens is 1. The predicted octanol–water partition coefficient (Wildman–Crippen LogP) is 2.41. The molecule has 0 saturated carbocycles. The van der Waals surface area contributed by atoms with E-state index >= 15 is 0 Å². The lowest BCUT2D eigenvalue weighted by molar-refractivity contribution is 0.0688. The highest BCUT2D eigenvalue weighted by Gasteiger charge is 2.06. The maximum atomic E-state index is 10.7. The Bertz CT molecular complexity index is 558. The van der Waals surface area contributed by atoms with Gasteiger partial charge in [-0.1, -0.05) is 23.7 Å². The maximum Gasteiger partial charge on any atom is 0.354 e. The summed E-state index contributed by atoms with van der Waals surface area (Å²) in [6.45, 7) is 0.250. The zero-order valence-electron chi connectivity index (χ0n) is 9.21. The van der Waals surface area contributed by atoms with Gasteiger partial charge in [-0.25, -0.2) is 9.78 Å². The number of rotatable bonds is 4. The van der Waals surface area contributed by atoms with E-state index in [1.807, 2.05) is 12.1 Å². The average Bonchev–Trinajstić information content (AvgIpc) is 2.38. The van der Waals surface area contributed by atoms with Crippen LogP contribution in [0.25, 0.3) is 0 Å². The number of nitrogens with zero attached hydrogens (tertiary/aromatic N) is 2. The van der Waals surface area contributed by atoms with Crippen LogP contribution in [-0.2, 0) is 6.61 Å². The van der Waals surface area contributed by atoms with Crippen LogP contribution >= 0.6 is 11.6 Å². The lowest BCUT2D eigenvalue weighted by atomic mass is 10.2. The molecule has 18 heavy (non-hydrogen) atoms. The monoisotopic (exact) mass is 264 g/mol. The first-order chi connectivity index (χ1) is 8.65. The zero-order chi connectivity index (χ0) is 13.0. The van der Waals surface area contributed by atoms with Gasteiger partial charge in [0.1, 0.15) is 6.61 Å². The Balaban J connectivity index is 2.04. The van der Waals surface area contributed by atoms with Crippen molar-refractivity contribution < 1.29 is 14.6 Å². The van der Waals surface area contributed by atoms with E-state index in [1.54, 1.807) is 12.1 Å². The molecule has 5 nitrogen and oxygen atoms in total. The second-order valence-electron chi connectivity index (χ2n) is 3.44. The topological polar surface area (TPSA) is 72.3 Å². The molecular formula is C12H9ClN2O3. The molecule has 6 heteroatoms. The van der Waals surface area contributed by atoms with Gasteiger partial charge in [0.05, 0.1) is 0 Å². The summed E-state index contributed by atoms with van der Waals surface area (Å²) in [5.41, 5.74) is 0.792. The van der Waals surface area contributed by atoms with Crippen LogP contribution in [0.2, 0.25) is 5.02 Å². The van der Waals surface area contributed by atoms with Crippen LogP contribution in [-0.4, -0.2) is 21.0 Å². The Kier molecular flexibility index (Phi) is 3.74. The van der Waals surface area contributed by atoms with Crippen LogP contribution in [0.1, 0.15) is 16.1 Å². The van der Waals surface area contributed by atoms with E-state index in [0.717, 1.165) is 5.56 Å². The number of carboxylic acids is 1. The standard InChI is InChI=1S/C12H9ClN2O3/c13-9-3-1-8(2-4-9)7-18-12-14-6-5-10(15-12)11(16)17/h1-6H,7H2,(H,16,17). The molecular weight excluding hydrogens is 256 g/mol. The average molecular weight is 265 g/mol. The Morgan fingerprint density at radius 1 is 1.28 bits per heavy atom. The van der Waals surface area contributed by atoms with E-state index in [-0.39, 0.29) is 18.3 Å². The Labute approximate surface area is 108 Å². The molecule has 0 radical (unpaired) electrons. The fraction of sp³-hybridized carbons (Fsp3) is 0.0833. The Morgan fingerprint density at radius 2 is 2.00 bits per heavy atom. The zero-order valence-corrected chi connectivity index (χ0v) is 9.96. The predicted molar refractivity (Wildman–Crippen MR) is 64.8 cm³/mol. The number of hydrogen-bond acceptors (Lipinski definition) is 4. The minimum Gasteiger partial charge on any atom is -0.477 e. The van der Waals surface area contributed by atoms with Crippen molar-refractivity contribution >= 4 is 17.6 Å². The van der Waals surface area contributed by atoms with E-state index in [1.165, 1.54) is 12.3 Å². The minimum absolute atomic E-state index is 0.0323. The van der Waals surface area contributed by atoms with Crippen LogP contribution in [0.3, 0.4) is 0 Å². The third-order valence-electron chi connectivity index (χ3n) is 2.13. The number of aromatic carboxylic acids is 1. The quantitative estimate of drug-likeness (QED) is 0.918. The van der Waals surface area contributed by atoms with Gasteiger partial charge in [0.2, 0.25) is 0 Å². The molecule has 2 aromatic rings. The third kappa shape index (κ3) is 3.18. The van der Waals surface area contributed by atoms with Crippen molar-refractivity contribution in [1.82, 2.24) is 9.97 Å². The first-order valence-electron chi connectivity index (χ1n) is 5.09. The number of hydrogen-bond donors (Lipinski definition) is 1. The van der Waals surface area contributed by atoms with Crippen molar-refractivity contribution in [3.63, 3.8) is 0 Å². The molecule has 0 atom stereocenters. The summed E-state index contributed by atoms with van der Waals surface area (Å²) in [6, 6.07) is 8.44. The molecule has 1 aromatic carbocycles. The van der Waals surface area contributed by atoms with Crippen molar-refractivity contribution in [3.05, 3.63) is 52.8 Å². The van der Waals surface area contributed by atoms with Crippen LogP contribution in [0.5, 0.6) is 6.01 Å². The lowest BCUT2D eigenvalue weighted by Crippen LogP contribution is -2.04. The van der Waals surface area contributed by atoms with Gasteiger partial charge < -0.3 is 9.84 Å². The SMILES string of the molecule is O=C(O)c1ccnc(OCc2ccc(Cl)cc2)n1. The summed E-state index contributed by atoms with van der Waals surface area (Å²) in [4.78, 5) is 18.3. The Morgan fingerprint density at radius 3 is 2.67 bits per heavy atom. The number of ether oxygens (including phenoxy) is 1. The van der Waals surface area contributed by atoms with Gasteiger partial charge in [-0.2, -0.15) is 4.98 Å². The minimum atomic E-state index is -1.12. The van der Waals surface area contributed by atoms with Crippen molar-refractivity contribution in [1.29, 1.82) is 0 Å². The summed E-state index contributed by atoms with van der Waals surface area (Å²) in [7, 11) is 0. The summed E-state index contributed by atoms with van der Waals surface area (Å²) in [6.07, 6.45) is 1.34. The molecule has 0 unspecified atom stereocenters. The molecule has 92 valence electrons. The second kappa shape index (κ2) is 5.46. The highest BCUT2D eigenvalue weighted by molar-refractivity contribution is 6.30. The van der Waals surface area contributed by atoms with E-state index in [4.69, 9.17) is 21.4 Å². The molecule has 0 aliphatic rings. The fourth-order valence-corrected chi connectivity index (χ4v) is 1.38. The molecule has 1 N–H and O–H groups in total. The van der Waals surface area contributed by atoms with Crippen molar-refractivity contribution in [2.75, 3.05) is 0 Å². The van der Waals surface area contributed by atoms with E-state index in [0.29, 0.717) is 5.02 Å². The van der Waals surface area contributed by atoms with Crippen molar-refractivity contribution in [2.45, 2.75) is 6.61 Å². The fourth-order valence-electron chi connectivity index (χ4n) is 1.26. The van der Waals surface area contributed by atoms with Gasteiger partial charge in [0.15, 0.2) is 5.69 Å². The van der Waals surface area contributed by atoms with E-state index < -0.39 is 5.97 Å². The number of carboxylic acid groups (broad SMARTS) is 1.